The highest BCUT2D eigenvalue weighted by atomic mass is 35.5. The third-order valence-corrected chi connectivity index (χ3v) is 8.21. The quantitative estimate of drug-likeness (QED) is 0.240. The first-order valence-electron chi connectivity index (χ1n) is 11.9. The van der Waals surface area contributed by atoms with E-state index in [1.165, 1.54) is 17.6 Å². The molecule has 0 radical (unpaired) electrons. The fourth-order valence-corrected chi connectivity index (χ4v) is 5.23. The Hall–Kier alpha value is -3.79. The molecule has 1 heterocycles. The van der Waals surface area contributed by atoms with Crippen molar-refractivity contribution >= 4 is 33.7 Å². The minimum atomic E-state index is -3.62. The number of halogens is 1. The molecule has 0 saturated heterocycles. The summed E-state index contributed by atoms with van der Waals surface area (Å²) in [7, 11) is -2.10. The van der Waals surface area contributed by atoms with Gasteiger partial charge in [0.25, 0.3) is 5.91 Å². The molecule has 0 unspecified atom stereocenters. The molecule has 38 heavy (non-hydrogen) atoms. The first kappa shape index (κ1) is 27.3. The van der Waals surface area contributed by atoms with E-state index in [2.05, 4.69) is 15.6 Å². The second-order valence-corrected chi connectivity index (χ2v) is 11.3. The Morgan fingerprint density at radius 1 is 1.00 bits per heavy atom. The van der Waals surface area contributed by atoms with Crippen LogP contribution in [0, 0.1) is 13.8 Å². The highest BCUT2D eigenvalue weighted by Gasteiger charge is 2.21. The fourth-order valence-electron chi connectivity index (χ4n) is 3.79. The fraction of sp³-hybridized carbons (Fsp3) is 0.179. The molecule has 10 heteroatoms. The Morgan fingerprint density at radius 2 is 1.66 bits per heavy atom. The van der Waals surface area contributed by atoms with E-state index >= 15 is 0 Å². The van der Waals surface area contributed by atoms with E-state index in [-0.39, 0.29) is 11.4 Å². The minimum Gasteiger partial charge on any atom is -0.267 e. The van der Waals surface area contributed by atoms with Gasteiger partial charge < -0.3 is 0 Å². The van der Waals surface area contributed by atoms with E-state index in [1.54, 1.807) is 53.2 Å². The average molecular weight is 550 g/mol. The lowest BCUT2D eigenvalue weighted by Crippen LogP contribution is -2.26. The summed E-state index contributed by atoms with van der Waals surface area (Å²) in [6.07, 6.45) is 1.48. The van der Waals surface area contributed by atoms with Crippen molar-refractivity contribution in [1.82, 2.24) is 19.5 Å². The molecule has 4 rings (SSSR count). The lowest BCUT2D eigenvalue weighted by molar-refractivity contribution is 0.0955. The standard InChI is InChI=1S/C28H28ClN5O3S/c1-20-9-15-25(16-10-20)38(36,37)33(3)18-23-11-13-24(14-12-23)28(35)31-30-17-26-21(2)32-34(27(26)29)19-22-7-5-4-6-8-22/h4-17H,18-19H2,1-3H3,(H,31,35). The van der Waals surface area contributed by atoms with Gasteiger partial charge in [0.05, 0.1) is 28.9 Å². The number of aromatic nitrogens is 2. The zero-order valence-electron chi connectivity index (χ0n) is 21.3. The molecule has 0 bridgehead atoms. The molecule has 0 atom stereocenters. The van der Waals surface area contributed by atoms with Gasteiger partial charge in [0.15, 0.2) is 0 Å². The minimum absolute atomic E-state index is 0.168. The highest BCUT2D eigenvalue weighted by Crippen LogP contribution is 2.20. The van der Waals surface area contributed by atoms with Crippen LogP contribution in [0.4, 0.5) is 0 Å². The molecule has 196 valence electrons. The van der Waals surface area contributed by atoms with Crippen LogP contribution in [-0.2, 0) is 23.1 Å². The van der Waals surface area contributed by atoms with Crippen molar-refractivity contribution in [2.45, 2.75) is 31.8 Å². The summed E-state index contributed by atoms with van der Waals surface area (Å²) in [5.74, 6) is -0.404. The Kier molecular flexibility index (Phi) is 8.41. The molecular weight excluding hydrogens is 522 g/mol. The van der Waals surface area contributed by atoms with Crippen LogP contribution in [0.5, 0.6) is 0 Å². The highest BCUT2D eigenvalue weighted by molar-refractivity contribution is 7.89. The maximum Gasteiger partial charge on any atom is 0.271 e. The molecule has 1 aromatic heterocycles. The number of carbonyl (C=O) groups excluding carboxylic acids is 1. The number of aryl methyl sites for hydroxylation is 2. The summed E-state index contributed by atoms with van der Waals surface area (Å²) in [4.78, 5) is 12.8. The van der Waals surface area contributed by atoms with Crippen LogP contribution in [0.3, 0.4) is 0 Å². The molecule has 8 nitrogen and oxygen atoms in total. The second kappa shape index (κ2) is 11.7. The van der Waals surface area contributed by atoms with Crippen molar-refractivity contribution < 1.29 is 13.2 Å². The van der Waals surface area contributed by atoms with Gasteiger partial charge in [0.2, 0.25) is 10.0 Å². The van der Waals surface area contributed by atoms with Gasteiger partial charge in [-0.1, -0.05) is 71.8 Å². The number of sulfonamides is 1. The molecule has 0 aliphatic heterocycles. The first-order valence-corrected chi connectivity index (χ1v) is 13.7. The smallest absolute Gasteiger partial charge is 0.267 e. The zero-order chi connectivity index (χ0) is 27.3. The number of hydrazone groups is 1. The third kappa shape index (κ3) is 6.36. The molecule has 4 aromatic rings. The largest absolute Gasteiger partial charge is 0.271 e. The molecule has 3 aromatic carbocycles. The topological polar surface area (TPSA) is 96.7 Å². The number of amides is 1. The Bertz CT molecular complexity index is 1550. The summed E-state index contributed by atoms with van der Waals surface area (Å²) in [6.45, 7) is 4.42. The first-order chi connectivity index (χ1) is 18.1. The summed E-state index contributed by atoms with van der Waals surface area (Å²) in [5, 5.41) is 8.95. The lowest BCUT2D eigenvalue weighted by atomic mass is 10.1. The van der Waals surface area contributed by atoms with Crippen LogP contribution in [0.15, 0.2) is 88.9 Å². The van der Waals surface area contributed by atoms with Crippen molar-refractivity contribution in [2.75, 3.05) is 7.05 Å². The number of hydrogen-bond acceptors (Lipinski definition) is 5. The van der Waals surface area contributed by atoms with Crippen molar-refractivity contribution in [3.63, 3.8) is 0 Å². The van der Waals surface area contributed by atoms with Crippen LogP contribution in [0.1, 0.15) is 38.3 Å². The molecular formula is C28H28ClN5O3S. The normalized spacial score (nSPS) is 11.8. The number of nitrogens with zero attached hydrogens (tertiary/aromatic N) is 4. The van der Waals surface area contributed by atoms with E-state index in [0.717, 1.165) is 16.7 Å². The van der Waals surface area contributed by atoms with Crippen molar-refractivity contribution in [3.05, 3.63) is 118 Å². The van der Waals surface area contributed by atoms with Crippen LogP contribution in [0.2, 0.25) is 5.15 Å². The monoisotopic (exact) mass is 549 g/mol. The summed E-state index contributed by atoms with van der Waals surface area (Å²) < 4.78 is 28.6. The van der Waals surface area contributed by atoms with Gasteiger partial charge in [-0.05, 0) is 49.2 Å². The van der Waals surface area contributed by atoms with Gasteiger partial charge in [0.1, 0.15) is 5.15 Å². The number of benzene rings is 3. The molecule has 0 aliphatic carbocycles. The van der Waals surface area contributed by atoms with E-state index < -0.39 is 15.9 Å². The Labute approximate surface area is 227 Å². The van der Waals surface area contributed by atoms with Gasteiger partial charge in [-0.2, -0.15) is 14.5 Å². The maximum atomic E-state index is 12.8. The van der Waals surface area contributed by atoms with Crippen molar-refractivity contribution in [2.24, 2.45) is 5.10 Å². The van der Waals surface area contributed by atoms with Gasteiger partial charge in [-0.15, -0.1) is 0 Å². The number of rotatable bonds is 9. The predicted octanol–water partition coefficient (Wildman–Crippen LogP) is 4.79. The predicted molar refractivity (Wildman–Crippen MR) is 149 cm³/mol. The molecule has 1 amide bonds. The number of nitrogens with one attached hydrogen (secondary N) is 1. The summed E-state index contributed by atoms with van der Waals surface area (Å²) >= 11 is 6.50. The number of carbonyl (C=O) groups is 1. The molecule has 0 saturated carbocycles. The SMILES string of the molecule is Cc1ccc(S(=O)(=O)N(C)Cc2ccc(C(=O)NN=Cc3c(C)nn(Cc4ccccc4)c3Cl)cc2)cc1. The molecule has 0 spiro atoms. The van der Waals surface area contributed by atoms with E-state index in [4.69, 9.17) is 11.6 Å². The lowest BCUT2D eigenvalue weighted by Gasteiger charge is -2.17. The second-order valence-electron chi connectivity index (χ2n) is 8.90. The van der Waals surface area contributed by atoms with E-state index in [1.807, 2.05) is 44.2 Å². The van der Waals surface area contributed by atoms with Crippen LogP contribution in [-0.4, -0.2) is 41.7 Å². The molecule has 0 fully saturated rings. The molecule has 0 aliphatic rings. The van der Waals surface area contributed by atoms with Gasteiger partial charge >= 0.3 is 0 Å². The van der Waals surface area contributed by atoms with Crippen LogP contribution < -0.4 is 5.43 Å². The van der Waals surface area contributed by atoms with Crippen molar-refractivity contribution in [3.8, 4) is 0 Å². The third-order valence-electron chi connectivity index (χ3n) is 5.99. The maximum absolute atomic E-state index is 12.8. The van der Waals surface area contributed by atoms with Gasteiger partial charge in [-0.3, -0.25) is 4.79 Å². The zero-order valence-corrected chi connectivity index (χ0v) is 22.9. The van der Waals surface area contributed by atoms with E-state index in [9.17, 15) is 13.2 Å². The van der Waals surface area contributed by atoms with Crippen molar-refractivity contribution in [1.29, 1.82) is 0 Å². The summed E-state index contributed by atoms with van der Waals surface area (Å²) in [6, 6.07) is 23.3. The average Bonchev–Trinajstić information content (AvgIpc) is 3.17. The van der Waals surface area contributed by atoms with Crippen LogP contribution in [0.25, 0.3) is 0 Å². The van der Waals surface area contributed by atoms with Gasteiger partial charge in [0, 0.05) is 19.2 Å². The van der Waals surface area contributed by atoms with Crippen LogP contribution >= 0.6 is 11.6 Å². The Balaban J connectivity index is 1.36. The Morgan fingerprint density at radius 3 is 2.32 bits per heavy atom. The molecule has 1 N–H and O–H groups in total. The van der Waals surface area contributed by atoms with E-state index in [0.29, 0.717) is 28.5 Å². The van der Waals surface area contributed by atoms with Gasteiger partial charge in [-0.25, -0.2) is 18.5 Å². The summed E-state index contributed by atoms with van der Waals surface area (Å²) in [5.41, 5.74) is 7.00. The number of hydrogen-bond donors (Lipinski definition) is 1.